The first-order valence-corrected chi connectivity index (χ1v) is 6.23. The summed E-state index contributed by atoms with van der Waals surface area (Å²) in [5, 5.41) is 11.5. The van der Waals surface area contributed by atoms with Gasteiger partial charge in [0.2, 0.25) is 0 Å². The normalized spacial score (nSPS) is 34.7. The number of nitrogens with two attached hydrogens (primary N) is 1. The van der Waals surface area contributed by atoms with E-state index in [2.05, 4.69) is 9.88 Å². The van der Waals surface area contributed by atoms with E-state index in [1.54, 1.807) is 17.5 Å². The zero-order valence-electron chi connectivity index (χ0n) is 8.47. The summed E-state index contributed by atoms with van der Waals surface area (Å²) in [6, 6.07) is 0.952. The van der Waals surface area contributed by atoms with Crippen LogP contribution in [0.3, 0.4) is 0 Å². The highest BCUT2D eigenvalue weighted by atomic mass is 32.1. The summed E-state index contributed by atoms with van der Waals surface area (Å²) in [4.78, 5) is 6.71. The Bertz CT molecular complexity index is 353. The maximum atomic E-state index is 9.69. The van der Waals surface area contributed by atoms with Gasteiger partial charge in [0.15, 0.2) is 5.13 Å². The van der Waals surface area contributed by atoms with Gasteiger partial charge in [-0.3, -0.25) is 0 Å². The maximum absolute atomic E-state index is 9.69. The van der Waals surface area contributed by atoms with Crippen LogP contribution in [0.25, 0.3) is 0 Å². The fourth-order valence-corrected chi connectivity index (χ4v) is 3.68. The van der Waals surface area contributed by atoms with Gasteiger partial charge in [-0.05, 0) is 25.7 Å². The van der Waals surface area contributed by atoms with Crippen LogP contribution in [0, 0.1) is 0 Å². The molecule has 3 rings (SSSR count). The molecule has 2 aliphatic heterocycles. The molecule has 1 aromatic heterocycles. The van der Waals surface area contributed by atoms with Crippen molar-refractivity contribution in [2.75, 3.05) is 10.6 Å². The molecule has 0 spiro atoms. The lowest BCUT2D eigenvalue weighted by Crippen LogP contribution is -2.44. The van der Waals surface area contributed by atoms with Crippen LogP contribution >= 0.6 is 11.3 Å². The molecule has 2 unspecified atom stereocenters. The second kappa shape index (κ2) is 3.35. The van der Waals surface area contributed by atoms with Crippen molar-refractivity contribution in [3.63, 3.8) is 0 Å². The minimum atomic E-state index is -0.115. The number of nitrogen functional groups attached to an aromatic ring is 1. The number of piperidine rings is 1. The second-order valence-electron chi connectivity index (χ2n) is 4.46. The van der Waals surface area contributed by atoms with Crippen LogP contribution in [0.15, 0.2) is 6.20 Å². The Labute approximate surface area is 92.7 Å². The molecule has 0 aromatic carbocycles. The van der Waals surface area contributed by atoms with Crippen LogP contribution in [0.2, 0.25) is 0 Å². The zero-order valence-corrected chi connectivity index (χ0v) is 9.28. The van der Waals surface area contributed by atoms with Crippen LogP contribution in [0.4, 0.5) is 10.1 Å². The Kier molecular flexibility index (Phi) is 2.10. The molecule has 2 atom stereocenters. The Morgan fingerprint density at radius 1 is 1.40 bits per heavy atom. The van der Waals surface area contributed by atoms with Crippen molar-refractivity contribution in [3.05, 3.63) is 6.20 Å². The summed E-state index contributed by atoms with van der Waals surface area (Å²) in [5.41, 5.74) is 5.70. The number of fused-ring (bicyclic) bond motifs is 2. The van der Waals surface area contributed by atoms with Crippen molar-refractivity contribution < 1.29 is 5.11 Å². The highest BCUT2D eigenvalue weighted by Crippen LogP contribution is 2.41. The Hall–Kier alpha value is -0.810. The third-order valence-corrected chi connectivity index (χ3v) is 4.28. The molecular weight excluding hydrogens is 210 g/mol. The highest BCUT2D eigenvalue weighted by Gasteiger charge is 2.41. The minimum absolute atomic E-state index is 0.115. The quantitative estimate of drug-likeness (QED) is 0.754. The van der Waals surface area contributed by atoms with E-state index >= 15 is 0 Å². The first-order chi connectivity index (χ1) is 7.24. The number of hydrogen-bond donors (Lipinski definition) is 2. The number of nitrogens with zero attached hydrogens (tertiary/aromatic N) is 2. The molecule has 82 valence electrons. The van der Waals surface area contributed by atoms with Gasteiger partial charge in [-0.25, -0.2) is 4.98 Å². The average molecular weight is 225 g/mol. The van der Waals surface area contributed by atoms with Crippen molar-refractivity contribution in [3.8, 4) is 0 Å². The molecule has 0 aliphatic carbocycles. The number of rotatable bonds is 1. The van der Waals surface area contributed by atoms with E-state index in [0.29, 0.717) is 12.1 Å². The fraction of sp³-hybridized carbons (Fsp3) is 0.700. The molecule has 15 heavy (non-hydrogen) atoms. The van der Waals surface area contributed by atoms with Crippen LogP contribution in [0.5, 0.6) is 0 Å². The van der Waals surface area contributed by atoms with E-state index in [1.807, 2.05) is 0 Å². The van der Waals surface area contributed by atoms with Crippen LogP contribution in [-0.2, 0) is 0 Å². The van der Waals surface area contributed by atoms with Gasteiger partial charge in [-0.15, -0.1) is 0 Å². The molecule has 0 radical (unpaired) electrons. The number of aromatic nitrogens is 1. The third kappa shape index (κ3) is 1.50. The largest absolute Gasteiger partial charge is 0.393 e. The maximum Gasteiger partial charge on any atom is 0.187 e. The van der Waals surface area contributed by atoms with E-state index in [1.165, 1.54) is 12.8 Å². The van der Waals surface area contributed by atoms with E-state index in [4.69, 9.17) is 5.73 Å². The molecular formula is C10H15N3OS. The van der Waals surface area contributed by atoms with Crippen LogP contribution in [0.1, 0.15) is 25.7 Å². The fourth-order valence-electron chi connectivity index (χ4n) is 2.86. The lowest BCUT2D eigenvalue weighted by molar-refractivity contribution is 0.126. The lowest BCUT2D eigenvalue weighted by Gasteiger charge is -2.36. The minimum Gasteiger partial charge on any atom is -0.393 e. The predicted molar refractivity (Wildman–Crippen MR) is 61.1 cm³/mol. The van der Waals surface area contributed by atoms with E-state index in [-0.39, 0.29) is 6.10 Å². The number of hydrogen-bond acceptors (Lipinski definition) is 5. The molecule has 4 nitrogen and oxygen atoms in total. The zero-order chi connectivity index (χ0) is 10.4. The number of aliphatic hydroxyl groups excluding tert-OH is 1. The highest BCUT2D eigenvalue weighted by molar-refractivity contribution is 7.19. The van der Waals surface area contributed by atoms with Gasteiger partial charge in [-0.1, -0.05) is 11.3 Å². The molecule has 0 saturated carbocycles. The summed E-state index contributed by atoms with van der Waals surface area (Å²) in [6.45, 7) is 0. The van der Waals surface area contributed by atoms with Crippen molar-refractivity contribution in [1.82, 2.24) is 4.98 Å². The molecule has 2 saturated heterocycles. The SMILES string of the molecule is Nc1cnc(N2C3CCC2CC(O)C3)s1. The summed E-state index contributed by atoms with van der Waals surface area (Å²) >= 11 is 1.55. The smallest absolute Gasteiger partial charge is 0.187 e. The predicted octanol–water partition coefficient (Wildman–Crippen LogP) is 1.22. The standard InChI is InChI=1S/C10H15N3OS/c11-9-5-12-10(15-9)13-6-1-2-7(13)4-8(14)3-6/h5-8,14H,1-4,11H2. The van der Waals surface area contributed by atoms with Crippen LogP contribution in [-0.4, -0.2) is 28.3 Å². The van der Waals surface area contributed by atoms with Crippen molar-refractivity contribution in [2.24, 2.45) is 0 Å². The van der Waals surface area contributed by atoms with Gasteiger partial charge >= 0.3 is 0 Å². The first-order valence-electron chi connectivity index (χ1n) is 5.42. The first kappa shape index (κ1) is 9.42. The molecule has 2 bridgehead atoms. The number of aliphatic hydroxyl groups is 1. The number of thiazole rings is 1. The van der Waals surface area contributed by atoms with Crippen molar-refractivity contribution >= 4 is 21.5 Å². The van der Waals surface area contributed by atoms with Gasteiger partial charge in [0.05, 0.1) is 12.3 Å². The van der Waals surface area contributed by atoms with E-state index in [0.717, 1.165) is 23.0 Å². The van der Waals surface area contributed by atoms with Crippen molar-refractivity contribution in [2.45, 2.75) is 43.9 Å². The van der Waals surface area contributed by atoms with E-state index in [9.17, 15) is 5.11 Å². The third-order valence-electron chi connectivity index (χ3n) is 3.44. The van der Waals surface area contributed by atoms with Gasteiger partial charge in [0.25, 0.3) is 0 Å². The molecule has 3 N–H and O–H groups in total. The second-order valence-corrected chi connectivity index (χ2v) is 5.50. The molecule has 5 heteroatoms. The topological polar surface area (TPSA) is 62.4 Å². The molecule has 0 amide bonds. The summed E-state index contributed by atoms with van der Waals surface area (Å²) < 4.78 is 0. The average Bonchev–Trinajstić information content (AvgIpc) is 2.69. The summed E-state index contributed by atoms with van der Waals surface area (Å²) in [7, 11) is 0. The van der Waals surface area contributed by atoms with Gasteiger partial charge < -0.3 is 15.7 Å². The van der Waals surface area contributed by atoms with Gasteiger partial charge in [0, 0.05) is 12.1 Å². The van der Waals surface area contributed by atoms with Crippen LogP contribution < -0.4 is 10.6 Å². The molecule has 2 fully saturated rings. The lowest BCUT2D eigenvalue weighted by atomic mass is 10.0. The summed E-state index contributed by atoms with van der Waals surface area (Å²) in [6.07, 6.45) is 5.75. The number of anilines is 2. The van der Waals surface area contributed by atoms with Gasteiger partial charge in [-0.2, -0.15) is 0 Å². The molecule has 3 heterocycles. The Balaban J connectivity index is 1.88. The monoisotopic (exact) mass is 225 g/mol. The van der Waals surface area contributed by atoms with Crippen molar-refractivity contribution in [1.29, 1.82) is 0 Å². The Morgan fingerprint density at radius 3 is 2.60 bits per heavy atom. The molecule has 2 aliphatic rings. The Morgan fingerprint density at radius 2 is 2.07 bits per heavy atom. The molecule has 1 aromatic rings. The van der Waals surface area contributed by atoms with Gasteiger partial charge in [0.1, 0.15) is 5.00 Å². The van der Waals surface area contributed by atoms with E-state index < -0.39 is 0 Å². The summed E-state index contributed by atoms with van der Waals surface area (Å²) in [5.74, 6) is 0.